The normalized spacial score (nSPS) is 20.8. The summed E-state index contributed by atoms with van der Waals surface area (Å²) in [5.74, 6) is 1.36. The lowest BCUT2D eigenvalue weighted by atomic mass is 10.1. The average Bonchev–Trinajstić information content (AvgIpc) is 3.37. The van der Waals surface area contributed by atoms with Crippen molar-refractivity contribution >= 4 is 35.5 Å². The summed E-state index contributed by atoms with van der Waals surface area (Å²) in [6.45, 7) is 6.16. The summed E-state index contributed by atoms with van der Waals surface area (Å²) in [4.78, 5) is 41.4. The van der Waals surface area contributed by atoms with E-state index in [0.717, 1.165) is 5.75 Å². The Morgan fingerprint density at radius 2 is 1.94 bits per heavy atom. The number of thioether (sulfide) groups is 1. The largest absolute Gasteiger partial charge is 0.444 e. The van der Waals surface area contributed by atoms with E-state index in [1.165, 1.54) is 4.90 Å². The van der Waals surface area contributed by atoms with Crippen molar-refractivity contribution < 1.29 is 19.1 Å². The van der Waals surface area contributed by atoms with E-state index in [-0.39, 0.29) is 12.5 Å². The first-order valence-corrected chi connectivity index (χ1v) is 11.3. The fraction of sp³-hybridized carbons (Fsp3) is 0.524. The molecule has 2 heterocycles. The number of amides is 4. The van der Waals surface area contributed by atoms with Crippen LogP contribution in [0.2, 0.25) is 0 Å². The zero-order valence-corrected chi connectivity index (χ0v) is 18.7. The maximum atomic E-state index is 13.0. The molecule has 2 aliphatic rings. The molecule has 0 aliphatic carbocycles. The van der Waals surface area contributed by atoms with E-state index < -0.39 is 29.8 Å². The van der Waals surface area contributed by atoms with E-state index in [1.807, 2.05) is 6.07 Å². The minimum atomic E-state index is -0.688. The summed E-state index contributed by atoms with van der Waals surface area (Å²) < 4.78 is 5.49. The topological polar surface area (TPSA) is 115 Å². The van der Waals surface area contributed by atoms with Crippen molar-refractivity contribution in [3.05, 3.63) is 29.8 Å². The first-order valence-electron chi connectivity index (χ1n) is 10.1. The van der Waals surface area contributed by atoms with Crippen LogP contribution in [-0.4, -0.2) is 70.2 Å². The number of carbonyl (C=O) groups excluding carboxylic acids is 3. The lowest BCUT2D eigenvalue weighted by molar-refractivity contribution is -0.134. The summed E-state index contributed by atoms with van der Waals surface area (Å²) in [6, 6.07) is 7.00. The van der Waals surface area contributed by atoms with Crippen LogP contribution in [0.25, 0.3) is 0 Å². The second-order valence-electron chi connectivity index (χ2n) is 8.51. The number of nitriles is 1. The Morgan fingerprint density at radius 1 is 1.23 bits per heavy atom. The molecule has 0 saturated carbocycles. The van der Waals surface area contributed by atoms with E-state index >= 15 is 0 Å². The van der Waals surface area contributed by atoms with Crippen molar-refractivity contribution in [2.75, 3.05) is 30.0 Å². The van der Waals surface area contributed by atoms with Gasteiger partial charge in [0.2, 0.25) is 5.91 Å². The van der Waals surface area contributed by atoms with Crippen LogP contribution in [0.1, 0.15) is 32.8 Å². The Labute approximate surface area is 186 Å². The van der Waals surface area contributed by atoms with Crippen LogP contribution in [0.4, 0.5) is 15.3 Å². The van der Waals surface area contributed by atoms with Crippen molar-refractivity contribution in [1.82, 2.24) is 15.1 Å². The molecule has 3 rings (SSSR count). The number of likely N-dealkylation sites (tertiary alicyclic amines) is 1. The molecule has 2 N–H and O–H groups in total. The Bertz CT molecular complexity index is 871. The molecule has 2 aliphatic heterocycles. The zero-order valence-electron chi connectivity index (χ0n) is 17.9. The van der Waals surface area contributed by atoms with Crippen molar-refractivity contribution in [3.63, 3.8) is 0 Å². The Kier molecular flexibility index (Phi) is 6.95. The number of nitrogens with zero attached hydrogens (tertiary/aromatic N) is 3. The third kappa shape index (κ3) is 6.04. The molecule has 1 aromatic rings. The molecule has 10 heteroatoms. The fourth-order valence-corrected chi connectivity index (χ4v) is 4.43. The zero-order chi connectivity index (χ0) is 22.6. The molecule has 0 aromatic heterocycles. The highest BCUT2D eigenvalue weighted by molar-refractivity contribution is 7.99. The quantitative estimate of drug-likeness (QED) is 0.739. The van der Waals surface area contributed by atoms with Gasteiger partial charge in [0, 0.05) is 24.5 Å². The monoisotopic (exact) mass is 445 g/mol. The van der Waals surface area contributed by atoms with Crippen LogP contribution >= 0.6 is 11.8 Å². The summed E-state index contributed by atoms with van der Waals surface area (Å²) in [7, 11) is 0. The van der Waals surface area contributed by atoms with Crippen molar-refractivity contribution in [2.45, 2.75) is 44.9 Å². The maximum absolute atomic E-state index is 13.0. The summed E-state index contributed by atoms with van der Waals surface area (Å²) in [5, 5.41) is 14.4. The van der Waals surface area contributed by atoms with E-state index in [2.05, 4.69) is 10.6 Å². The molecule has 9 nitrogen and oxygen atoms in total. The summed E-state index contributed by atoms with van der Waals surface area (Å²) >= 11 is 1.67. The minimum absolute atomic E-state index is 0.118. The molecule has 4 amide bonds. The minimum Gasteiger partial charge on any atom is -0.444 e. The molecule has 2 saturated heterocycles. The number of anilines is 1. The second kappa shape index (κ2) is 9.47. The van der Waals surface area contributed by atoms with Crippen LogP contribution in [0.15, 0.2) is 24.3 Å². The first-order chi connectivity index (χ1) is 14.7. The standard InChI is InChI=1S/C21H27N5O4S/c1-21(2,3)30-20(29)26-12-16(10-17(26)18(27)25-8-9-31-13-25)24-19(28)23-15-6-4-14(11-22)5-7-15/h4-7,16-17H,8-10,12-13H2,1-3H3,(H2,23,24,28)/t16-,17-/m0/s1. The van der Waals surface area contributed by atoms with Gasteiger partial charge in [-0.3, -0.25) is 9.69 Å². The van der Waals surface area contributed by atoms with Crippen LogP contribution in [0, 0.1) is 11.3 Å². The highest BCUT2D eigenvalue weighted by Crippen LogP contribution is 2.25. The van der Waals surface area contributed by atoms with E-state index in [9.17, 15) is 14.4 Å². The van der Waals surface area contributed by atoms with Gasteiger partial charge in [-0.05, 0) is 51.5 Å². The highest BCUT2D eigenvalue weighted by atomic mass is 32.2. The maximum Gasteiger partial charge on any atom is 0.411 e. The van der Waals surface area contributed by atoms with Gasteiger partial charge in [0.25, 0.3) is 0 Å². The van der Waals surface area contributed by atoms with Crippen LogP contribution in [0.5, 0.6) is 0 Å². The molecule has 0 unspecified atom stereocenters. The van der Waals surface area contributed by atoms with Gasteiger partial charge in [0.15, 0.2) is 0 Å². The molecule has 0 radical (unpaired) electrons. The van der Waals surface area contributed by atoms with Gasteiger partial charge in [-0.15, -0.1) is 11.8 Å². The smallest absolute Gasteiger partial charge is 0.411 e. The Hall–Kier alpha value is -2.93. The molecule has 31 heavy (non-hydrogen) atoms. The van der Waals surface area contributed by atoms with Crippen molar-refractivity contribution in [2.24, 2.45) is 0 Å². The fourth-order valence-electron chi connectivity index (χ4n) is 3.48. The molecule has 0 spiro atoms. The third-order valence-corrected chi connectivity index (χ3v) is 5.85. The molecule has 1 aromatic carbocycles. The van der Waals surface area contributed by atoms with E-state index in [0.29, 0.717) is 30.1 Å². The van der Waals surface area contributed by atoms with Gasteiger partial charge in [-0.25, -0.2) is 9.59 Å². The average molecular weight is 446 g/mol. The number of urea groups is 1. The van der Waals surface area contributed by atoms with Gasteiger partial charge in [0.05, 0.1) is 23.6 Å². The lowest BCUT2D eigenvalue weighted by Crippen LogP contribution is -2.48. The molecule has 2 atom stereocenters. The Balaban J connectivity index is 1.66. The number of rotatable bonds is 3. The molecular weight excluding hydrogens is 418 g/mol. The molecular formula is C21H27N5O4S. The van der Waals surface area contributed by atoms with E-state index in [4.69, 9.17) is 10.00 Å². The van der Waals surface area contributed by atoms with Gasteiger partial charge in [-0.1, -0.05) is 0 Å². The number of nitrogens with one attached hydrogen (secondary N) is 2. The number of benzene rings is 1. The number of carbonyl (C=O) groups is 3. The summed E-state index contributed by atoms with van der Waals surface area (Å²) in [5.41, 5.74) is 0.350. The number of hydrogen-bond donors (Lipinski definition) is 2. The second-order valence-corrected chi connectivity index (χ2v) is 9.58. The summed E-state index contributed by atoms with van der Waals surface area (Å²) in [6.07, 6.45) is -0.241. The number of hydrogen-bond acceptors (Lipinski definition) is 6. The molecule has 2 fully saturated rings. The van der Waals surface area contributed by atoms with Crippen molar-refractivity contribution in [3.8, 4) is 6.07 Å². The van der Waals surface area contributed by atoms with Crippen LogP contribution in [0.3, 0.4) is 0 Å². The van der Waals surface area contributed by atoms with Crippen LogP contribution < -0.4 is 10.6 Å². The van der Waals surface area contributed by atoms with Crippen LogP contribution in [-0.2, 0) is 9.53 Å². The highest BCUT2D eigenvalue weighted by Gasteiger charge is 2.44. The first kappa shape index (κ1) is 22.7. The predicted octanol–water partition coefficient (Wildman–Crippen LogP) is 2.59. The Morgan fingerprint density at radius 3 is 2.52 bits per heavy atom. The number of ether oxygens (including phenoxy) is 1. The SMILES string of the molecule is CC(C)(C)OC(=O)N1C[C@@H](NC(=O)Nc2ccc(C#N)cc2)C[C@H]1C(=O)N1CCSC1. The van der Waals surface area contributed by atoms with Crippen molar-refractivity contribution in [1.29, 1.82) is 5.26 Å². The molecule has 0 bridgehead atoms. The lowest BCUT2D eigenvalue weighted by Gasteiger charge is -2.29. The van der Waals surface area contributed by atoms with Gasteiger partial charge in [-0.2, -0.15) is 5.26 Å². The molecule has 166 valence electrons. The van der Waals surface area contributed by atoms with E-state index in [1.54, 1.807) is 61.7 Å². The van der Waals surface area contributed by atoms with Gasteiger partial charge < -0.3 is 20.3 Å². The van der Waals surface area contributed by atoms with Gasteiger partial charge in [0.1, 0.15) is 11.6 Å². The van der Waals surface area contributed by atoms with Gasteiger partial charge >= 0.3 is 12.1 Å². The third-order valence-electron chi connectivity index (χ3n) is 4.89. The predicted molar refractivity (Wildman–Crippen MR) is 117 cm³/mol.